The van der Waals surface area contributed by atoms with Crippen molar-refractivity contribution in [3.8, 4) is 45.7 Å². The molecule has 0 N–H and O–H groups in total. The van der Waals surface area contributed by atoms with Crippen molar-refractivity contribution in [2.75, 3.05) is 14.2 Å². The van der Waals surface area contributed by atoms with Crippen LogP contribution in [-0.2, 0) is 0 Å². The Balaban J connectivity index is 1.73. The lowest BCUT2D eigenvalue weighted by atomic mass is 10.1. The summed E-state index contributed by atoms with van der Waals surface area (Å²) in [6.07, 6.45) is 0. The minimum Gasteiger partial charge on any atom is -0.496 e. The quantitative estimate of drug-likeness (QED) is 0.523. The Morgan fingerprint density at radius 3 is 2.30 bits per heavy atom. The van der Waals surface area contributed by atoms with Gasteiger partial charge in [-0.3, -0.25) is 0 Å². The molecule has 0 unspecified atom stereocenters. The molecule has 0 fully saturated rings. The van der Waals surface area contributed by atoms with Gasteiger partial charge in [-0.25, -0.2) is 4.98 Å². The molecule has 2 aromatic heterocycles. The van der Waals surface area contributed by atoms with E-state index in [0.717, 1.165) is 16.8 Å². The summed E-state index contributed by atoms with van der Waals surface area (Å²) in [6, 6.07) is 21.2. The fourth-order valence-corrected chi connectivity index (χ4v) is 2.80. The van der Waals surface area contributed by atoms with Crippen molar-refractivity contribution < 1.29 is 14.0 Å². The van der Waals surface area contributed by atoms with Gasteiger partial charge in [-0.1, -0.05) is 47.6 Å². The number of rotatable bonds is 5. The molecule has 0 saturated heterocycles. The molecule has 134 valence electrons. The van der Waals surface area contributed by atoms with Crippen LogP contribution < -0.4 is 9.47 Å². The lowest BCUT2D eigenvalue weighted by Gasteiger charge is -2.07. The normalized spacial score (nSPS) is 10.6. The SMILES string of the molecule is COc1ccccc1-c1nc(-c2ccc(-c3ccccc3)nc2OC)no1. The molecule has 6 heteroatoms. The van der Waals surface area contributed by atoms with Gasteiger partial charge in [0, 0.05) is 5.56 Å². The number of aromatic nitrogens is 3. The average molecular weight is 359 g/mol. The van der Waals surface area contributed by atoms with E-state index in [4.69, 9.17) is 14.0 Å². The van der Waals surface area contributed by atoms with E-state index in [-0.39, 0.29) is 0 Å². The summed E-state index contributed by atoms with van der Waals surface area (Å²) in [5.74, 6) is 1.87. The van der Waals surface area contributed by atoms with Crippen LogP contribution in [0.2, 0.25) is 0 Å². The van der Waals surface area contributed by atoms with Crippen molar-refractivity contribution in [1.82, 2.24) is 15.1 Å². The Morgan fingerprint density at radius 2 is 1.52 bits per heavy atom. The number of hydrogen-bond donors (Lipinski definition) is 0. The van der Waals surface area contributed by atoms with E-state index in [1.807, 2.05) is 66.7 Å². The summed E-state index contributed by atoms with van der Waals surface area (Å²) in [5.41, 5.74) is 3.20. The summed E-state index contributed by atoms with van der Waals surface area (Å²) < 4.78 is 16.3. The van der Waals surface area contributed by atoms with E-state index < -0.39 is 0 Å². The predicted octanol–water partition coefficient (Wildman–Crippen LogP) is 4.48. The van der Waals surface area contributed by atoms with Gasteiger partial charge in [-0.05, 0) is 24.3 Å². The second-order valence-corrected chi connectivity index (χ2v) is 5.74. The Kier molecular flexibility index (Phi) is 4.53. The third-order valence-corrected chi connectivity index (χ3v) is 4.13. The van der Waals surface area contributed by atoms with Gasteiger partial charge in [-0.15, -0.1) is 0 Å². The molecule has 0 radical (unpaired) electrons. The van der Waals surface area contributed by atoms with Crippen LogP contribution >= 0.6 is 0 Å². The molecular weight excluding hydrogens is 342 g/mol. The number of ether oxygens (including phenoxy) is 2. The highest BCUT2D eigenvalue weighted by molar-refractivity contribution is 5.70. The molecule has 4 rings (SSSR count). The molecule has 2 aromatic carbocycles. The van der Waals surface area contributed by atoms with E-state index in [1.165, 1.54) is 0 Å². The maximum Gasteiger partial charge on any atom is 0.262 e. The first-order chi connectivity index (χ1) is 13.3. The standard InChI is InChI=1S/C21H17N3O3/c1-25-18-11-7-6-10-15(18)21-23-19(24-27-21)16-12-13-17(22-20(16)26-2)14-8-4-3-5-9-14/h3-13H,1-2H3. The maximum absolute atomic E-state index is 5.46. The minimum absolute atomic E-state index is 0.372. The highest BCUT2D eigenvalue weighted by Crippen LogP contribution is 2.33. The molecule has 0 aliphatic heterocycles. The highest BCUT2D eigenvalue weighted by atomic mass is 16.5. The van der Waals surface area contributed by atoms with Crippen molar-refractivity contribution in [3.05, 3.63) is 66.7 Å². The van der Waals surface area contributed by atoms with Crippen LogP contribution in [0.5, 0.6) is 11.6 Å². The molecule has 0 aliphatic carbocycles. The Hall–Kier alpha value is -3.67. The summed E-state index contributed by atoms with van der Waals surface area (Å²) in [6.45, 7) is 0. The monoisotopic (exact) mass is 359 g/mol. The largest absolute Gasteiger partial charge is 0.496 e. The molecule has 27 heavy (non-hydrogen) atoms. The number of methoxy groups -OCH3 is 2. The van der Waals surface area contributed by atoms with Crippen molar-refractivity contribution in [3.63, 3.8) is 0 Å². The molecular formula is C21H17N3O3. The Morgan fingerprint density at radius 1 is 0.741 bits per heavy atom. The third kappa shape index (κ3) is 3.25. The van der Waals surface area contributed by atoms with E-state index in [1.54, 1.807) is 14.2 Å². The maximum atomic E-state index is 5.46. The molecule has 4 aromatic rings. The van der Waals surface area contributed by atoms with Crippen molar-refractivity contribution in [1.29, 1.82) is 0 Å². The van der Waals surface area contributed by atoms with Crippen LogP contribution in [0, 0.1) is 0 Å². The summed E-state index contributed by atoms with van der Waals surface area (Å²) in [5, 5.41) is 4.09. The molecule has 0 spiro atoms. The zero-order valence-electron chi connectivity index (χ0n) is 14.9. The fourth-order valence-electron chi connectivity index (χ4n) is 2.80. The topological polar surface area (TPSA) is 70.3 Å². The highest BCUT2D eigenvalue weighted by Gasteiger charge is 2.18. The molecule has 0 atom stereocenters. The van der Waals surface area contributed by atoms with Crippen LogP contribution in [0.15, 0.2) is 71.3 Å². The number of benzene rings is 2. The molecule has 6 nitrogen and oxygen atoms in total. The first kappa shape index (κ1) is 16.8. The fraction of sp³-hybridized carbons (Fsp3) is 0.0952. The second kappa shape index (κ2) is 7.29. The summed E-state index contributed by atoms with van der Waals surface area (Å²) in [7, 11) is 3.17. The molecule has 2 heterocycles. The average Bonchev–Trinajstić information content (AvgIpc) is 3.23. The van der Waals surface area contributed by atoms with E-state index in [9.17, 15) is 0 Å². The van der Waals surface area contributed by atoms with Gasteiger partial charge in [-0.2, -0.15) is 4.98 Å². The van der Waals surface area contributed by atoms with Crippen molar-refractivity contribution in [2.45, 2.75) is 0 Å². The molecule has 0 amide bonds. The van der Waals surface area contributed by atoms with Crippen molar-refractivity contribution >= 4 is 0 Å². The lowest BCUT2D eigenvalue weighted by Crippen LogP contribution is -1.95. The minimum atomic E-state index is 0.372. The number of nitrogens with zero attached hydrogens (tertiary/aromatic N) is 3. The zero-order valence-corrected chi connectivity index (χ0v) is 14.9. The molecule has 0 aliphatic rings. The smallest absolute Gasteiger partial charge is 0.262 e. The van der Waals surface area contributed by atoms with Gasteiger partial charge in [0.25, 0.3) is 5.89 Å². The third-order valence-electron chi connectivity index (χ3n) is 4.13. The number of pyridine rings is 1. The van der Waals surface area contributed by atoms with Gasteiger partial charge in [0.05, 0.1) is 31.0 Å². The first-order valence-electron chi connectivity index (χ1n) is 8.38. The van der Waals surface area contributed by atoms with Crippen LogP contribution in [0.4, 0.5) is 0 Å². The number of para-hydroxylation sites is 1. The van der Waals surface area contributed by atoms with Crippen LogP contribution in [0.1, 0.15) is 0 Å². The van der Waals surface area contributed by atoms with Gasteiger partial charge in [0.2, 0.25) is 11.7 Å². The van der Waals surface area contributed by atoms with Gasteiger partial charge in [0.15, 0.2) is 0 Å². The summed E-state index contributed by atoms with van der Waals surface area (Å²) in [4.78, 5) is 9.08. The van der Waals surface area contributed by atoms with E-state index in [0.29, 0.717) is 28.9 Å². The summed E-state index contributed by atoms with van der Waals surface area (Å²) >= 11 is 0. The zero-order chi connectivity index (χ0) is 18.6. The predicted molar refractivity (Wildman–Crippen MR) is 102 cm³/mol. The molecule has 0 bridgehead atoms. The Bertz CT molecular complexity index is 1060. The van der Waals surface area contributed by atoms with Crippen molar-refractivity contribution in [2.24, 2.45) is 0 Å². The first-order valence-corrected chi connectivity index (χ1v) is 8.38. The molecule has 0 saturated carbocycles. The van der Waals surface area contributed by atoms with Gasteiger partial charge >= 0.3 is 0 Å². The number of hydrogen-bond acceptors (Lipinski definition) is 6. The second-order valence-electron chi connectivity index (χ2n) is 5.74. The van der Waals surface area contributed by atoms with Crippen LogP contribution in [0.25, 0.3) is 34.1 Å². The van der Waals surface area contributed by atoms with E-state index in [2.05, 4.69) is 15.1 Å². The van der Waals surface area contributed by atoms with Crippen LogP contribution in [-0.4, -0.2) is 29.3 Å². The van der Waals surface area contributed by atoms with E-state index >= 15 is 0 Å². The lowest BCUT2D eigenvalue weighted by molar-refractivity contribution is 0.397. The van der Waals surface area contributed by atoms with Gasteiger partial charge in [0.1, 0.15) is 5.75 Å². The Labute approximate surface area is 156 Å². The van der Waals surface area contributed by atoms with Crippen LogP contribution in [0.3, 0.4) is 0 Å². The van der Waals surface area contributed by atoms with Gasteiger partial charge < -0.3 is 14.0 Å².